The first-order valence-electron chi connectivity index (χ1n) is 7.86. The molecule has 1 saturated heterocycles. The zero-order valence-electron chi connectivity index (χ0n) is 13.7. The molecular formula is C17H26FN3O. The third-order valence-electron chi connectivity index (χ3n) is 3.94. The molecule has 5 heteroatoms. The Morgan fingerprint density at radius 1 is 1.45 bits per heavy atom. The van der Waals surface area contributed by atoms with Crippen molar-refractivity contribution >= 4 is 5.96 Å². The molecular weight excluding hydrogens is 281 g/mol. The fourth-order valence-electron chi connectivity index (χ4n) is 2.82. The van der Waals surface area contributed by atoms with Gasteiger partial charge < -0.3 is 15.0 Å². The van der Waals surface area contributed by atoms with Crippen LogP contribution in [0.4, 0.5) is 4.39 Å². The lowest BCUT2D eigenvalue weighted by atomic mass is 10.00. The smallest absolute Gasteiger partial charge is 0.193 e. The van der Waals surface area contributed by atoms with Crippen molar-refractivity contribution in [2.24, 2.45) is 4.99 Å². The van der Waals surface area contributed by atoms with Gasteiger partial charge in [-0.25, -0.2) is 0 Å². The van der Waals surface area contributed by atoms with Crippen LogP contribution in [0.15, 0.2) is 23.2 Å². The first-order valence-corrected chi connectivity index (χ1v) is 7.86. The van der Waals surface area contributed by atoms with E-state index in [0.717, 1.165) is 19.0 Å². The summed E-state index contributed by atoms with van der Waals surface area (Å²) in [4.78, 5) is 6.49. The van der Waals surface area contributed by atoms with Crippen molar-refractivity contribution < 1.29 is 9.13 Å². The average molecular weight is 307 g/mol. The Kier molecular flexibility index (Phi) is 6.19. The monoisotopic (exact) mass is 307 g/mol. The maximum atomic E-state index is 12.2. The number of nitrogens with one attached hydrogen (secondary N) is 1. The second-order valence-corrected chi connectivity index (χ2v) is 5.68. The summed E-state index contributed by atoms with van der Waals surface area (Å²) in [5.41, 5.74) is 3.75. The number of aryl methyl sites for hydroxylation is 2. The highest BCUT2D eigenvalue weighted by molar-refractivity contribution is 5.80. The van der Waals surface area contributed by atoms with E-state index in [1.165, 1.54) is 16.7 Å². The van der Waals surface area contributed by atoms with Crippen LogP contribution < -0.4 is 5.32 Å². The van der Waals surface area contributed by atoms with E-state index in [9.17, 15) is 4.39 Å². The Labute approximate surface area is 132 Å². The summed E-state index contributed by atoms with van der Waals surface area (Å²) in [6.07, 6.45) is 0.554. The molecule has 122 valence electrons. The maximum Gasteiger partial charge on any atom is 0.193 e. The number of guanidine groups is 1. The molecule has 0 spiro atoms. The Balaban J connectivity index is 2.04. The van der Waals surface area contributed by atoms with E-state index in [4.69, 9.17) is 4.74 Å². The van der Waals surface area contributed by atoms with Crippen molar-refractivity contribution in [1.29, 1.82) is 0 Å². The largest absolute Gasteiger partial charge is 0.370 e. The average Bonchev–Trinajstić information content (AvgIpc) is 2.52. The van der Waals surface area contributed by atoms with E-state index < -0.39 is 0 Å². The van der Waals surface area contributed by atoms with Gasteiger partial charge in [0.25, 0.3) is 0 Å². The summed E-state index contributed by atoms with van der Waals surface area (Å²) in [6, 6.07) is 6.46. The van der Waals surface area contributed by atoms with Gasteiger partial charge in [-0.1, -0.05) is 23.8 Å². The highest BCUT2D eigenvalue weighted by Crippen LogP contribution is 2.25. The van der Waals surface area contributed by atoms with E-state index in [0.29, 0.717) is 19.6 Å². The van der Waals surface area contributed by atoms with Crippen LogP contribution in [-0.4, -0.2) is 50.8 Å². The van der Waals surface area contributed by atoms with Crippen molar-refractivity contribution in [3.63, 3.8) is 0 Å². The van der Waals surface area contributed by atoms with Crippen molar-refractivity contribution in [3.8, 4) is 0 Å². The summed E-state index contributed by atoms with van der Waals surface area (Å²) < 4.78 is 18.2. The quantitative estimate of drug-likeness (QED) is 0.528. The van der Waals surface area contributed by atoms with Crippen LogP contribution in [0, 0.1) is 13.8 Å². The second kappa shape index (κ2) is 8.13. The molecule has 1 N–H and O–H groups in total. The van der Waals surface area contributed by atoms with Gasteiger partial charge in [0, 0.05) is 20.1 Å². The minimum absolute atomic E-state index is 0.0501. The zero-order chi connectivity index (χ0) is 15.9. The molecule has 1 aliphatic heterocycles. The van der Waals surface area contributed by atoms with Crippen LogP contribution in [0.25, 0.3) is 0 Å². The number of hydrogen-bond acceptors (Lipinski definition) is 2. The number of ether oxygens (including phenoxy) is 1. The van der Waals surface area contributed by atoms with Gasteiger partial charge in [-0.2, -0.15) is 0 Å². The molecule has 0 saturated carbocycles. The van der Waals surface area contributed by atoms with E-state index in [2.05, 4.69) is 47.3 Å². The predicted molar refractivity (Wildman–Crippen MR) is 88.1 cm³/mol. The van der Waals surface area contributed by atoms with Gasteiger partial charge >= 0.3 is 0 Å². The molecule has 0 bridgehead atoms. The molecule has 2 rings (SSSR count). The van der Waals surface area contributed by atoms with Crippen LogP contribution in [-0.2, 0) is 4.74 Å². The molecule has 4 nitrogen and oxygen atoms in total. The molecule has 1 fully saturated rings. The minimum atomic E-state index is -0.307. The molecule has 1 aliphatic rings. The minimum Gasteiger partial charge on any atom is -0.370 e. The van der Waals surface area contributed by atoms with Crippen LogP contribution in [0.2, 0.25) is 0 Å². The van der Waals surface area contributed by atoms with Crippen LogP contribution in [0.3, 0.4) is 0 Å². The Hall–Kier alpha value is -1.62. The lowest BCUT2D eigenvalue weighted by Crippen LogP contribution is -2.48. The van der Waals surface area contributed by atoms with Gasteiger partial charge in [-0.3, -0.25) is 9.38 Å². The Morgan fingerprint density at radius 3 is 2.95 bits per heavy atom. The third kappa shape index (κ3) is 4.19. The molecule has 1 atom stereocenters. The highest BCUT2D eigenvalue weighted by atomic mass is 19.1. The van der Waals surface area contributed by atoms with E-state index in [-0.39, 0.29) is 12.8 Å². The molecule has 0 amide bonds. The number of nitrogens with zero attached hydrogens (tertiary/aromatic N) is 2. The first-order chi connectivity index (χ1) is 10.7. The van der Waals surface area contributed by atoms with E-state index >= 15 is 0 Å². The van der Waals surface area contributed by atoms with E-state index in [1.54, 1.807) is 7.05 Å². The molecule has 1 aromatic rings. The highest BCUT2D eigenvalue weighted by Gasteiger charge is 2.25. The number of halogens is 1. The summed E-state index contributed by atoms with van der Waals surface area (Å²) in [6.45, 7) is 6.76. The topological polar surface area (TPSA) is 36.9 Å². The second-order valence-electron chi connectivity index (χ2n) is 5.68. The summed E-state index contributed by atoms with van der Waals surface area (Å²) in [5.74, 6) is 0.825. The van der Waals surface area contributed by atoms with Crippen LogP contribution in [0.1, 0.15) is 29.2 Å². The number of benzene rings is 1. The molecule has 1 heterocycles. The van der Waals surface area contributed by atoms with Gasteiger partial charge in [0.2, 0.25) is 0 Å². The molecule has 0 aromatic heterocycles. The van der Waals surface area contributed by atoms with Crippen molar-refractivity contribution in [2.45, 2.75) is 26.4 Å². The normalized spacial score (nSPS) is 19.4. The SMILES string of the molecule is CN=C(NCCCF)N1CCOC(c2ccc(C)cc2C)C1. The van der Waals surface area contributed by atoms with Crippen LogP contribution in [0.5, 0.6) is 0 Å². The summed E-state index contributed by atoms with van der Waals surface area (Å²) in [7, 11) is 1.76. The number of morpholine rings is 1. The van der Waals surface area contributed by atoms with E-state index in [1.807, 2.05) is 0 Å². The van der Waals surface area contributed by atoms with Crippen molar-refractivity contribution in [2.75, 3.05) is 40.0 Å². The molecule has 0 aliphatic carbocycles. The Morgan fingerprint density at radius 2 is 2.27 bits per heavy atom. The van der Waals surface area contributed by atoms with Crippen molar-refractivity contribution in [3.05, 3.63) is 34.9 Å². The van der Waals surface area contributed by atoms with Crippen LogP contribution >= 0.6 is 0 Å². The van der Waals surface area contributed by atoms with Gasteiger partial charge in [0.05, 0.1) is 19.8 Å². The number of rotatable bonds is 4. The van der Waals surface area contributed by atoms with Gasteiger partial charge in [0.1, 0.15) is 6.10 Å². The predicted octanol–water partition coefficient (Wildman–Crippen LogP) is 2.61. The number of alkyl halides is 1. The number of aliphatic imine (C=N–C) groups is 1. The lowest BCUT2D eigenvalue weighted by molar-refractivity contribution is -0.00831. The zero-order valence-corrected chi connectivity index (χ0v) is 13.7. The summed E-state index contributed by atoms with van der Waals surface area (Å²) in [5, 5.41) is 3.22. The fraction of sp³-hybridized carbons (Fsp3) is 0.588. The molecule has 1 aromatic carbocycles. The fourth-order valence-corrected chi connectivity index (χ4v) is 2.82. The molecule has 1 unspecified atom stereocenters. The lowest BCUT2D eigenvalue weighted by Gasteiger charge is -2.35. The van der Waals surface area contributed by atoms with Crippen molar-refractivity contribution in [1.82, 2.24) is 10.2 Å². The number of hydrogen-bond donors (Lipinski definition) is 1. The van der Waals surface area contributed by atoms with Gasteiger partial charge in [-0.15, -0.1) is 0 Å². The Bertz CT molecular complexity index is 519. The van der Waals surface area contributed by atoms with Gasteiger partial charge in [-0.05, 0) is 31.4 Å². The first kappa shape index (κ1) is 16.7. The maximum absolute atomic E-state index is 12.2. The third-order valence-corrected chi connectivity index (χ3v) is 3.94. The standard InChI is InChI=1S/C17H26FN3O/c1-13-5-6-15(14(2)11-13)16-12-21(9-10-22-16)17(19-3)20-8-4-7-18/h5-6,11,16H,4,7-10,12H2,1-3H3,(H,19,20). The molecule has 0 radical (unpaired) electrons. The molecule has 22 heavy (non-hydrogen) atoms. The van der Waals surface area contributed by atoms with Gasteiger partial charge in [0.15, 0.2) is 5.96 Å². The summed E-state index contributed by atoms with van der Waals surface area (Å²) >= 11 is 0.